The van der Waals surface area contributed by atoms with Gasteiger partial charge in [-0.2, -0.15) is 0 Å². The highest BCUT2D eigenvalue weighted by molar-refractivity contribution is 6.01. The summed E-state index contributed by atoms with van der Waals surface area (Å²) < 4.78 is 5.09. The van der Waals surface area contributed by atoms with Gasteiger partial charge in [0.15, 0.2) is 5.84 Å². The van der Waals surface area contributed by atoms with Gasteiger partial charge >= 0.3 is 0 Å². The number of ether oxygens (including phenoxy) is 1. The molecule has 0 radical (unpaired) electrons. The van der Waals surface area contributed by atoms with Crippen LogP contribution in [-0.4, -0.2) is 36.2 Å². The number of carbonyl (C=O) groups is 1. The first-order chi connectivity index (χ1) is 7.08. The van der Waals surface area contributed by atoms with Gasteiger partial charge in [0, 0.05) is 13.2 Å². The molecule has 1 aliphatic rings. The average molecular weight is 215 g/mol. The molecule has 1 saturated carbocycles. The minimum Gasteiger partial charge on any atom is -0.409 e. The highest BCUT2D eigenvalue weighted by atomic mass is 16.5. The number of amides is 1. The Hall–Kier alpha value is -1.30. The molecule has 86 valence electrons. The third-order valence-corrected chi connectivity index (χ3v) is 2.73. The largest absolute Gasteiger partial charge is 0.409 e. The van der Waals surface area contributed by atoms with Gasteiger partial charge in [-0.3, -0.25) is 4.79 Å². The summed E-state index contributed by atoms with van der Waals surface area (Å²) in [5.41, 5.74) is 5.32. The standard InChI is InChI=1S/C9H17N3O3/c1-5(8(10)12-14)9(13)11-6-3-7(4-6)15-2/h5-7,14H,3-4H2,1-2H3,(H2,10,12)(H,11,13). The number of nitrogens with zero attached hydrogens (tertiary/aromatic N) is 1. The second kappa shape index (κ2) is 4.97. The number of carbonyl (C=O) groups excluding carboxylic acids is 1. The van der Waals surface area contributed by atoms with Crippen molar-refractivity contribution in [2.75, 3.05) is 7.11 Å². The van der Waals surface area contributed by atoms with Gasteiger partial charge in [-0.15, -0.1) is 0 Å². The van der Waals surface area contributed by atoms with E-state index < -0.39 is 5.92 Å². The molecule has 0 saturated heterocycles. The number of amidine groups is 1. The molecule has 6 heteroatoms. The maximum absolute atomic E-state index is 11.5. The smallest absolute Gasteiger partial charge is 0.230 e. The van der Waals surface area contributed by atoms with Gasteiger partial charge in [0.25, 0.3) is 0 Å². The number of rotatable bonds is 4. The number of nitrogens with one attached hydrogen (secondary N) is 1. The van der Waals surface area contributed by atoms with Crippen molar-refractivity contribution in [3.8, 4) is 0 Å². The first-order valence-corrected chi connectivity index (χ1v) is 4.89. The van der Waals surface area contributed by atoms with Crippen molar-refractivity contribution >= 4 is 11.7 Å². The summed E-state index contributed by atoms with van der Waals surface area (Å²) in [7, 11) is 1.65. The summed E-state index contributed by atoms with van der Waals surface area (Å²) in [6.45, 7) is 1.59. The highest BCUT2D eigenvalue weighted by Crippen LogP contribution is 2.22. The maximum atomic E-state index is 11.5. The van der Waals surface area contributed by atoms with E-state index in [4.69, 9.17) is 15.7 Å². The molecule has 1 unspecified atom stereocenters. The van der Waals surface area contributed by atoms with Gasteiger partial charge in [-0.25, -0.2) is 0 Å². The fourth-order valence-corrected chi connectivity index (χ4v) is 1.42. The van der Waals surface area contributed by atoms with E-state index in [-0.39, 0.29) is 23.9 Å². The molecule has 0 aromatic carbocycles. The van der Waals surface area contributed by atoms with Crippen molar-refractivity contribution in [1.29, 1.82) is 0 Å². The predicted molar refractivity (Wildman–Crippen MR) is 54.5 cm³/mol. The second-order valence-corrected chi connectivity index (χ2v) is 3.78. The second-order valence-electron chi connectivity index (χ2n) is 3.78. The summed E-state index contributed by atoms with van der Waals surface area (Å²) in [6.07, 6.45) is 1.89. The van der Waals surface area contributed by atoms with Crippen molar-refractivity contribution in [1.82, 2.24) is 5.32 Å². The van der Waals surface area contributed by atoms with Crippen molar-refractivity contribution in [2.24, 2.45) is 16.8 Å². The molecule has 4 N–H and O–H groups in total. The van der Waals surface area contributed by atoms with Crippen LogP contribution >= 0.6 is 0 Å². The van der Waals surface area contributed by atoms with Crippen LogP contribution in [0, 0.1) is 5.92 Å². The normalized spacial score (nSPS) is 28.0. The quantitative estimate of drug-likeness (QED) is 0.259. The van der Waals surface area contributed by atoms with Gasteiger partial charge in [0.1, 0.15) is 0 Å². The number of hydrogen-bond donors (Lipinski definition) is 3. The number of methoxy groups -OCH3 is 1. The molecule has 0 aromatic rings. The molecule has 0 spiro atoms. The van der Waals surface area contributed by atoms with Crippen LogP contribution in [0.5, 0.6) is 0 Å². The third kappa shape index (κ3) is 2.82. The monoisotopic (exact) mass is 215 g/mol. The number of hydrogen-bond acceptors (Lipinski definition) is 4. The van der Waals surface area contributed by atoms with Crippen LogP contribution in [0.4, 0.5) is 0 Å². The highest BCUT2D eigenvalue weighted by Gasteiger charge is 2.31. The number of nitrogens with two attached hydrogens (primary N) is 1. The Morgan fingerprint density at radius 2 is 2.27 bits per heavy atom. The third-order valence-electron chi connectivity index (χ3n) is 2.73. The zero-order valence-electron chi connectivity index (χ0n) is 8.93. The van der Waals surface area contributed by atoms with E-state index in [0.717, 1.165) is 12.8 Å². The van der Waals surface area contributed by atoms with Gasteiger partial charge in [0.2, 0.25) is 5.91 Å². The Labute approximate surface area is 88.5 Å². The summed E-state index contributed by atoms with van der Waals surface area (Å²) in [6, 6.07) is 0.149. The van der Waals surface area contributed by atoms with Crippen LogP contribution in [0.15, 0.2) is 5.16 Å². The molecule has 0 bridgehead atoms. The Kier molecular flexibility index (Phi) is 3.90. The van der Waals surface area contributed by atoms with Crippen LogP contribution in [0.3, 0.4) is 0 Å². The van der Waals surface area contributed by atoms with E-state index in [1.54, 1.807) is 14.0 Å². The first-order valence-electron chi connectivity index (χ1n) is 4.89. The summed E-state index contributed by atoms with van der Waals surface area (Å²) in [4.78, 5) is 11.5. The minimum atomic E-state index is -0.600. The van der Waals surface area contributed by atoms with Crippen molar-refractivity contribution in [2.45, 2.75) is 31.9 Å². The van der Waals surface area contributed by atoms with Crippen LogP contribution in [-0.2, 0) is 9.53 Å². The van der Waals surface area contributed by atoms with Crippen LogP contribution < -0.4 is 11.1 Å². The molecule has 1 rings (SSSR count). The SMILES string of the molecule is COC1CC(NC(=O)C(C)C(N)=NO)C1. The Morgan fingerprint density at radius 1 is 1.67 bits per heavy atom. The molecular formula is C9H17N3O3. The minimum absolute atomic E-state index is 0.0740. The van der Waals surface area contributed by atoms with Gasteiger partial charge in [0.05, 0.1) is 12.0 Å². The lowest BCUT2D eigenvalue weighted by atomic mass is 9.89. The first kappa shape index (κ1) is 11.8. The van der Waals surface area contributed by atoms with Gasteiger partial charge in [-0.1, -0.05) is 5.16 Å². The van der Waals surface area contributed by atoms with E-state index in [9.17, 15) is 4.79 Å². The summed E-state index contributed by atoms with van der Waals surface area (Å²) in [5.74, 6) is -0.892. The molecule has 1 amide bonds. The Morgan fingerprint density at radius 3 is 2.73 bits per heavy atom. The van der Waals surface area contributed by atoms with E-state index in [0.29, 0.717) is 0 Å². The van der Waals surface area contributed by atoms with Crippen LogP contribution in [0.1, 0.15) is 19.8 Å². The van der Waals surface area contributed by atoms with Crippen molar-refractivity contribution in [3.05, 3.63) is 0 Å². The molecule has 0 aromatic heterocycles. The Bertz CT molecular complexity index is 261. The van der Waals surface area contributed by atoms with Crippen LogP contribution in [0.25, 0.3) is 0 Å². The molecule has 6 nitrogen and oxygen atoms in total. The molecule has 0 heterocycles. The van der Waals surface area contributed by atoms with E-state index >= 15 is 0 Å². The molecule has 15 heavy (non-hydrogen) atoms. The molecule has 0 aliphatic heterocycles. The molecule has 1 aliphatic carbocycles. The molecule has 1 fully saturated rings. The molecular weight excluding hydrogens is 198 g/mol. The van der Waals surface area contributed by atoms with E-state index in [1.807, 2.05) is 0 Å². The lowest BCUT2D eigenvalue weighted by Crippen LogP contribution is -2.50. The molecule has 1 atom stereocenters. The fourth-order valence-electron chi connectivity index (χ4n) is 1.42. The van der Waals surface area contributed by atoms with Crippen molar-refractivity contribution < 1.29 is 14.7 Å². The van der Waals surface area contributed by atoms with E-state index in [1.165, 1.54) is 0 Å². The van der Waals surface area contributed by atoms with E-state index in [2.05, 4.69) is 10.5 Å². The van der Waals surface area contributed by atoms with Gasteiger partial charge in [-0.05, 0) is 19.8 Å². The predicted octanol–water partition coefficient (Wildman–Crippen LogP) is -0.337. The van der Waals surface area contributed by atoms with Crippen LogP contribution in [0.2, 0.25) is 0 Å². The summed E-state index contributed by atoms with van der Waals surface area (Å²) in [5, 5.41) is 14.0. The fraction of sp³-hybridized carbons (Fsp3) is 0.778. The zero-order valence-corrected chi connectivity index (χ0v) is 8.93. The zero-order chi connectivity index (χ0) is 11.4. The lowest BCUT2D eigenvalue weighted by molar-refractivity contribution is -0.125. The maximum Gasteiger partial charge on any atom is 0.230 e. The average Bonchev–Trinajstić information content (AvgIpc) is 2.19. The summed E-state index contributed by atoms with van der Waals surface area (Å²) >= 11 is 0. The topological polar surface area (TPSA) is 96.9 Å². The van der Waals surface area contributed by atoms with Gasteiger partial charge < -0.3 is 21.0 Å². The number of oxime groups is 1. The lowest BCUT2D eigenvalue weighted by Gasteiger charge is -2.35. The Balaban J connectivity index is 2.31. The van der Waals surface area contributed by atoms with Crippen molar-refractivity contribution in [3.63, 3.8) is 0 Å².